The monoisotopic (exact) mass is 484 g/mol. The molecule has 0 bridgehead atoms. The highest BCUT2D eigenvalue weighted by Gasteiger charge is 2.29. The van der Waals surface area contributed by atoms with Gasteiger partial charge in [0.15, 0.2) is 11.9 Å². The zero-order chi connectivity index (χ0) is 25.3. The van der Waals surface area contributed by atoms with E-state index in [4.69, 9.17) is 4.74 Å². The van der Waals surface area contributed by atoms with Gasteiger partial charge in [0.05, 0.1) is 12.2 Å². The Morgan fingerprint density at radius 1 is 1.11 bits per heavy atom. The van der Waals surface area contributed by atoms with Gasteiger partial charge in [-0.3, -0.25) is 9.20 Å². The molecule has 2 atom stereocenters. The number of anilines is 1. The molecule has 1 aromatic carbocycles. The number of pyridine rings is 2. The minimum absolute atomic E-state index is 0.138. The lowest BCUT2D eigenvalue weighted by molar-refractivity contribution is 0.111. The smallest absolute Gasteiger partial charge is 0.319 e. The lowest BCUT2D eigenvalue weighted by Gasteiger charge is -2.32. The van der Waals surface area contributed by atoms with Crippen LogP contribution in [-0.2, 0) is 5.41 Å². The van der Waals surface area contributed by atoms with Gasteiger partial charge in [-0.15, -0.1) is 10.2 Å². The number of hydrogen-bond acceptors (Lipinski definition) is 6. The number of ether oxygens (including phenoxy) is 1. The van der Waals surface area contributed by atoms with E-state index in [-0.39, 0.29) is 29.3 Å². The van der Waals surface area contributed by atoms with Crippen LogP contribution in [0, 0.1) is 0 Å². The molecule has 4 aromatic rings. The Labute approximate surface area is 208 Å². The molecule has 0 fully saturated rings. The molecular formula is C27H28N6O3. The molecule has 9 heteroatoms. The summed E-state index contributed by atoms with van der Waals surface area (Å²) in [4.78, 5) is 28.7. The van der Waals surface area contributed by atoms with Gasteiger partial charge in [-0.2, -0.15) is 0 Å². The normalized spacial score (nSPS) is 17.3. The molecule has 0 spiro atoms. The van der Waals surface area contributed by atoms with Gasteiger partial charge in [0.2, 0.25) is 0 Å². The lowest BCUT2D eigenvalue weighted by Crippen LogP contribution is -2.35. The Kier molecular flexibility index (Phi) is 6.13. The molecule has 36 heavy (non-hydrogen) atoms. The SMILES string of the molecule is CC(C)(C)c1cc(NC(=O)NC2CCC(Oc3ccc4nncn4c3)c3ccccc32)cc(C=O)n1. The molecule has 3 heterocycles. The maximum absolute atomic E-state index is 12.9. The van der Waals surface area contributed by atoms with Crippen molar-refractivity contribution >= 4 is 23.7 Å². The largest absolute Gasteiger partial charge is 0.484 e. The first-order valence-electron chi connectivity index (χ1n) is 11.9. The third kappa shape index (κ3) is 4.91. The van der Waals surface area contributed by atoms with Crippen molar-refractivity contribution in [2.75, 3.05) is 5.32 Å². The number of rotatable bonds is 5. The molecular weight excluding hydrogens is 456 g/mol. The van der Waals surface area contributed by atoms with Crippen LogP contribution >= 0.6 is 0 Å². The standard InChI is InChI=1S/C27H28N6O3/c1-27(2,3)24-13-17(12-18(15-34)29-24)30-26(35)31-22-9-10-23(21-7-5-4-6-20(21)22)36-19-8-11-25-32-28-16-33(25)14-19/h4-8,11-16,22-23H,9-10H2,1-3H3,(H2,29,30,31,35). The van der Waals surface area contributed by atoms with Crippen molar-refractivity contribution < 1.29 is 14.3 Å². The first-order valence-corrected chi connectivity index (χ1v) is 11.9. The molecule has 9 nitrogen and oxygen atoms in total. The molecule has 2 N–H and O–H groups in total. The van der Waals surface area contributed by atoms with Crippen LogP contribution in [0.3, 0.4) is 0 Å². The van der Waals surface area contributed by atoms with E-state index in [1.165, 1.54) is 0 Å². The molecule has 0 aliphatic heterocycles. The summed E-state index contributed by atoms with van der Waals surface area (Å²) >= 11 is 0. The Morgan fingerprint density at radius 2 is 1.92 bits per heavy atom. The third-order valence-electron chi connectivity index (χ3n) is 6.28. The number of carbonyl (C=O) groups is 2. The second-order valence-corrected chi connectivity index (χ2v) is 9.96. The number of fused-ring (bicyclic) bond motifs is 2. The van der Waals surface area contributed by atoms with Gasteiger partial charge in [0.25, 0.3) is 0 Å². The van der Waals surface area contributed by atoms with E-state index in [0.29, 0.717) is 18.4 Å². The minimum Gasteiger partial charge on any atom is -0.484 e. The van der Waals surface area contributed by atoms with E-state index in [2.05, 4.69) is 25.8 Å². The molecule has 184 valence electrons. The summed E-state index contributed by atoms with van der Waals surface area (Å²) in [6.45, 7) is 6.03. The van der Waals surface area contributed by atoms with Crippen LogP contribution in [0.1, 0.15) is 73.1 Å². The fraction of sp³-hybridized carbons (Fsp3) is 0.296. The Morgan fingerprint density at radius 3 is 2.69 bits per heavy atom. The predicted molar refractivity (Wildman–Crippen MR) is 135 cm³/mol. The molecule has 1 aliphatic carbocycles. The topological polar surface area (TPSA) is 111 Å². The Hall–Kier alpha value is -4.27. The summed E-state index contributed by atoms with van der Waals surface area (Å²) in [5.41, 5.74) is 4.10. The number of nitrogens with one attached hydrogen (secondary N) is 2. The number of amides is 2. The maximum Gasteiger partial charge on any atom is 0.319 e. The van der Waals surface area contributed by atoms with Gasteiger partial charge >= 0.3 is 6.03 Å². The third-order valence-corrected chi connectivity index (χ3v) is 6.28. The van der Waals surface area contributed by atoms with Crippen LogP contribution in [0.2, 0.25) is 0 Å². The van der Waals surface area contributed by atoms with Gasteiger partial charge in [0.1, 0.15) is 23.9 Å². The molecule has 2 amide bonds. The van der Waals surface area contributed by atoms with Crippen molar-refractivity contribution in [3.63, 3.8) is 0 Å². The average molecular weight is 485 g/mol. The van der Waals surface area contributed by atoms with Crippen LogP contribution in [0.15, 0.2) is 61.1 Å². The Balaban J connectivity index is 1.31. The second kappa shape index (κ2) is 9.41. The molecule has 0 radical (unpaired) electrons. The van der Waals surface area contributed by atoms with E-state index in [1.807, 2.05) is 67.8 Å². The number of hydrogen-bond donors (Lipinski definition) is 2. The number of carbonyl (C=O) groups excluding carboxylic acids is 2. The van der Waals surface area contributed by atoms with Crippen LogP contribution in [0.25, 0.3) is 5.65 Å². The second-order valence-electron chi connectivity index (χ2n) is 9.96. The number of nitrogens with zero attached hydrogens (tertiary/aromatic N) is 4. The Bertz CT molecular complexity index is 1420. The van der Waals surface area contributed by atoms with E-state index in [9.17, 15) is 9.59 Å². The zero-order valence-electron chi connectivity index (χ0n) is 20.4. The zero-order valence-corrected chi connectivity index (χ0v) is 20.4. The quantitative estimate of drug-likeness (QED) is 0.385. The molecule has 1 aliphatic rings. The number of benzene rings is 1. The van der Waals surface area contributed by atoms with Crippen LogP contribution in [0.4, 0.5) is 10.5 Å². The molecule has 5 rings (SSSR count). The van der Waals surface area contributed by atoms with Gasteiger partial charge in [-0.25, -0.2) is 9.78 Å². The highest BCUT2D eigenvalue weighted by Crippen LogP contribution is 2.38. The fourth-order valence-corrected chi connectivity index (χ4v) is 4.46. The fourth-order valence-electron chi connectivity index (χ4n) is 4.46. The lowest BCUT2D eigenvalue weighted by atomic mass is 9.85. The number of aromatic nitrogens is 4. The average Bonchev–Trinajstić information content (AvgIpc) is 3.33. The van der Waals surface area contributed by atoms with Crippen molar-refractivity contribution in [1.29, 1.82) is 0 Å². The van der Waals surface area contributed by atoms with Crippen LogP contribution in [-0.4, -0.2) is 31.9 Å². The highest BCUT2D eigenvalue weighted by molar-refractivity contribution is 5.90. The number of aldehydes is 1. The summed E-state index contributed by atoms with van der Waals surface area (Å²) in [5.74, 6) is 0.726. The summed E-state index contributed by atoms with van der Waals surface area (Å²) < 4.78 is 8.15. The predicted octanol–water partition coefficient (Wildman–Crippen LogP) is 5.01. The summed E-state index contributed by atoms with van der Waals surface area (Å²) in [5, 5.41) is 13.9. The highest BCUT2D eigenvalue weighted by atomic mass is 16.5. The van der Waals surface area contributed by atoms with E-state index in [0.717, 1.165) is 34.6 Å². The first-order chi connectivity index (χ1) is 17.3. The summed E-state index contributed by atoms with van der Waals surface area (Å²) in [7, 11) is 0. The van der Waals surface area contributed by atoms with Gasteiger partial charge in [0, 0.05) is 16.8 Å². The summed E-state index contributed by atoms with van der Waals surface area (Å²) in [6.07, 6.45) is 5.51. The first kappa shape index (κ1) is 23.5. The van der Waals surface area contributed by atoms with E-state index < -0.39 is 0 Å². The van der Waals surface area contributed by atoms with Crippen molar-refractivity contribution in [1.82, 2.24) is 24.9 Å². The minimum atomic E-state index is -0.338. The molecule has 0 saturated carbocycles. The van der Waals surface area contributed by atoms with Crippen molar-refractivity contribution in [3.8, 4) is 5.75 Å². The van der Waals surface area contributed by atoms with Crippen molar-refractivity contribution in [2.45, 2.75) is 51.2 Å². The molecule has 0 saturated heterocycles. The van der Waals surface area contributed by atoms with E-state index in [1.54, 1.807) is 18.5 Å². The molecule has 2 unspecified atom stereocenters. The van der Waals surface area contributed by atoms with Gasteiger partial charge in [-0.1, -0.05) is 45.0 Å². The van der Waals surface area contributed by atoms with Crippen LogP contribution in [0.5, 0.6) is 5.75 Å². The van der Waals surface area contributed by atoms with Crippen molar-refractivity contribution in [3.05, 3.63) is 83.6 Å². The van der Waals surface area contributed by atoms with E-state index >= 15 is 0 Å². The van der Waals surface area contributed by atoms with Crippen LogP contribution < -0.4 is 15.4 Å². The van der Waals surface area contributed by atoms with Gasteiger partial charge in [-0.05, 0) is 48.2 Å². The molecule has 3 aromatic heterocycles. The maximum atomic E-state index is 12.9. The number of urea groups is 1. The van der Waals surface area contributed by atoms with Crippen molar-refractivity contribution in [2.24, 2.45) is 0 Å². The van der Waals surface area contributed by atoms with Gasteiger partial charge < -0.3 is 15.4 Å². The summed E-state index contributed by atoms with van der Waals surface area (Å²) in [6, 6.07) is 14.6.